The lowest BCUT2D eigenvalue weighted by molar-refractivity contribution is 0.0542. The summed E-state index contributed by atoms with van der Waals surface area (Å²) in [5, 5.41) is 0. The molecule has 4 heteroatoms. The zero-order valence-electron chi connectivity index (χ0n) is 10.7. The van der Waals surface area contributed by atoms with Crippen LogP contribution in [0.4, 0.5) is 0 Å². The van der Waals surface area contributed by atoms with Crippen molar-refractivity contribution in [2.45, 2.75) is 39.2 Å². The average molecular weight is 258 g/mol. The molecule has 0 saturated carbocycles. The molecule has 0 saturated heterocycles. The molecule has 1 rings (SSSR count). The lowest BCUT2D eigenvalue weighted by Gasteiger charge is -2.10. The Labute approximate surface area is 108 Å². The molecule has 1 aromatic heterocycles. The van der Waals surface area contributed by atoms with Crippen molar-refractivity contribution < 1.29 is 9.47 Å². The molecule has 0 aliphatic carbocycles. The van der Waals surface area contributed by atoms with Crippen LogP contribution in [0.1, 0.15) is 32.0 Å². The van der Waals surface area contributed by atoms with Gasteiger partial charge in [-0.1, -0.05) is 6.92 Å². The van der Waals surface area contributed by atoms with E-state index in [1.54, 1.807) is 0 Å². The molecule has 3 nitrogen and oxygen atoms in total. The number of nitrogens with zero attached hydrogens (tertiary/aromatic N) is 1. The Kier molecular flexibility index (Phi) is 6.30. The highest BCUT2D eigenvalue weighted by atomic mass is 35.5. The van der Waals surface area contributed by atoms with Crippen molar-refractivity contribution in [2.24, 2.45) is 0 Å². The summed E-state index contributed by atoms with van der Waals surface area (Å²) in [7, 11) is 0. The molecule has 1 aromatic rings. The number of hydrogen-bond donors (Lipinski definition) is 0. The van der Waals surface area contributed by atoms with Gasteiger partial charge in [0.25, 0.3) is 0 Å². The monoisotopic (exact) mass is 257 g/mol. The number of aryl methyl sites for hydroxylation is 1. The van der Waals surface area contributed by atoms with Gasteiger partial charge in [-0.05, 0) is 31.9 Å². The maximum Gasteiger partial charge on any atom is 0.213 e. The summed E-state index contributed by atoms with van der Waals surface area (Å²) in [4.78, 5) is 4.38. The van der Waals surface area contributed by atoms with Gasteiger partial charge >= 0.3 is 0 Å². The zero-order valence-corrected chi connectivity index (χ0v) is 11.5. The summed E-state index contributed by atoms with van der Waals surface area (Å²) in [5.74, 6) is 1.11. The van der Waals surface area contributed by atoms with Crippen LogP contribution in [0.25, 0.3) is 0 Å². The summed E-state index contributed by atoms with van der Waals surface area (Å²) in [6.07, 6.45) is 1.11. The van der Waals surface area contributed by atoms with Gasteiger partial charge in [-0.3, -0.25) is 0 Å². The van der Waals surface area contributed by atoms with E-state index >= 15 is 0 Å². The largest absolute Gasteiger partial charge is 0.475 e. The molecule has 0 fully saturated rings. The van der Waals surface area contributed by atoms with E-state index in [4.69, 9.17) is 21.1 Å². The molecule has 0 aromatic carbocycles. The highest BCUT2D eigenvalue weighted by Gasteiger charge is 2.02. The predicted octanol–water partition coefficient (Wildman–Crippen LogP) is 3.19. The zero-order chi connectivity index (χ0) is 12.7. The molecule has 0 atom stereocenters. The SMILES string of the molecule is CCc1cc(CCl)cc(OCCOC(C)C)n1. The maximum absolute atomic E-state index is 5.82. The topological polar surface area (TPSA) is 31.4 Å². The van der Waals surface area contributed by atoms with Gasteiger partial charge in [0, 0.05) is 17.6 Å². The van der Waals surface area contributed by atoms with E-state index in [9.17, 15) is 0 Å². The third kappa shape index (κ3) is 5.37. The molecule has 0 spiro atoms. The van der Waals surface area contributed by atoms with Crippen molar-refractivity contribution in [3.8, 4) is 5.88 Å². The molecule has 17 heavy (non-hydrogen) atoms. The van der Waals surface area contributed by atoms with Crippen LogP contribution < -0.4 is 4.74 Å². The van der Waals surface area contributed by atoms with E-state index in [0.29, 0.717) is 25.0 Å². The van der Waals surface area contributed by atoms with E-state index in [1.807, 2.05) is 26.0 Å². The van der Waals surface area contributed by atoms with Crippen LogP contribution in [0.2, 0.25) is 0 Å². The highest BCUT2D eigenvalue weighted by molar-refractivity contribution is 6.17. The predicted molar refractivity (Wildman–Crippen MR) is 69.8 cm³/mol. The van der Waals surface area contributed by atoms with Crippen molar-refractivity contribution >= 4 is 11.6 Å². The van der Waals surface area contributed by atoms with Gasteiger partial charge in [0.1, 0.15) is 6.61 Å². The maximum atomic E-state index is 5.82. The molecule has 0 bridgehead atoms. The van der Waals surface area contributed by atoms with Crippen molar-refractivity contribution in [2.75, 3.05) is 13.2 Å². The summed E-state index contributed by atoms with van der Waals surface area (Å²) >= 11 is 5.82. The van der Waals surface area contributed by atoms with E-state index < -0.39 is 0 Å². The Morgan fingerprint density at radius 2 is 2.06 bits per heavy atom. The Balaban J connectivity index is 2.51. The average Bonchev–Trinajstić information content (AvgIpc) is 2.34. The number of ether oxygens (including phenoxy) is 2. The molecule has 0 aliphatic heterocycles. The smallest absolute Gasteiger partial charge is 0.213 e. The van der Waals surface area contributed by atoms with Gasteiger partial charge in [-0.25, -0.2) is 4.98 Å². The summed E-state index contributed by atoms with van der Waals surface area (Å²) in [6, 6.07) is 3.88. The van der Waals surface area contributed by atoms with E-state index in [0.717, 1.165) is 17.7 Å². The third-order valence-electron chi connectivity index (χ3n) is 2.22. The quantitative estimate of drug-likeness (QED) is 0.555. The molecule has 1 heterocycles. The van der Waals surface area contributed by atoms with Gasteiger partial charge in [0.05, 0.1) is 12.7 Å². The van der Waals surface area contributed by atoms with E-state index in [-0.39, 0.29) is 6.10 Å². The van der Waals surface area contributed by atoms with Crippen molar-refractivity contribution in [1.82, 2.24) is 4.98 Å². The number of aromatic nitrogens is 1. The molecular weight excluding hydrogens is 238 g/mol. The first-order valence-corrected chi connectivity index (χ1v) is 6.49. The lowest BCUT2D eigenvalue weighted by atomic mass is 10.2. The first-order valence-electron chi connectivity index (χ1n) is 5.96. The van der Waals surface area contributed by atoms with Crippen LogP contribution in [0.3, 0.4) is 0 Å². The fourth-order valence-electron chi connectivity index (χ4n) is 1.38. The second kappa shape index (κ2) is 7.51. The van der Waals surface area contributed by atoms with Crippen LogP contribution >= 0.6 is 11.6 Å². The van der Waals surface area contributed by atoms with Crippen LogP contribution in [0.15, 0.2) is 12.1 Å². The second-order valence-corrected chi connectivity index (χ2v) is 4.33. The Morgan fingerprint density at radius 1 is 1.29 bits per heavy atom. The minimum absolute atomic E-state index is 0.229. The molecule has 0 amide bonds. The molecule has 0 unspecified atom stereocenters. The number of alkyl halides is 1. The Morgan fingerprint density at radius 3 is 2.65 bits per heavy atom. The lowest BCUT2D eigenvalue weighted by Crippen LogP contribution is -2.12. The molecule has 0 radical (unpaired) electrons. The fourth-order valence-corrected chi connectivity index (χ4v) is 1.54. The van der Waals surface area contributed by atoms with Crippen LogP contribution in [0.5, 0.6) is 5.88 Å². The number of halogens is 1. The van der Waals surface area contributed by atoms with Gasteiger partial charge in [-0.15, -0.1) is 11.6 Å². The number of rotatable bonds is 7. The van der Waals surface area contributed by atoms with Gasteiger partial charge in [0.2, 0.25) is 5.88 Å². The molecule has 0 N–H and O–H groups in total. The van der Waals surface area contributed by atoms with Crippen molar-refractivity contribution in [3.63, 3.8) is 0 Å². The third-order valence-corrected chi connectivity index (χ3v) is 2.52. The van der Waals surface area contributed by atoms with Crippen LogP contribution in [-0.2, 0) is 17.0 Å². The normalized spacial score (nSPS) is 10.9. The highest BCUT2D eigenvalue weighted by Crippen LogP contribution is 2.15. The molecular formula is C13H20ClNO2. The summed E-state index contributed by atoms with van der Waals surface area (Å²) < 4.78 is 10.9. The Hall–Kier alpha value is -0.800. The van der Waals surface area contributed by atoms with Gasteiger partial charge < -0.3 is 9.47 Å². The van der Waals surface area contributed by atoms with Gasteiger partial charge in [-0.2, -0.15) is 0 Å². The van der Waals surface area contributed by atoms with Crippen molar-refractivity contribution in [1.29, 1.82) is 0 Å². The Bertz CT molecular complexity index is 320. The van der Waals surface area contributed by atoms with E-state index in [1.165, 1.54) is 0 Å². The minimum atomic E-state index is 0.229. The van der Waals surface area contributed by atoms with E-state index in [2.05, 4.69) is 11.9 Å². The molecule has 96 valence electrons. The number of pyridine rings is 1. The standard InChI is InChI=1S/C13H20ClNO2/c1-4-12-7-11(9-14)8-13(15-12)17-6-5-16-10(2)3/h7-8,10H,4-6,9H2,1-3H3. The van der Waals surface area contributed by atoms with Crippen LogP contribution in [-0.4, -0.2) is 24.3 Å². The molecule has 0 aliphatic rings. The first-order chi connectivity index (χ1) is 8.15. The minimum Gasteiger partial charge on any atom is -0.475 e. The van der Waals surface area contributed by atoms with Crippen LogP contribution in [0, 0.1) is 0 Å². The summed E-state index contributed by atoms with van der Waals surface area (Å²) in [6.45, 7) is 7.15. The summed E-state index contributed by atoms with van der Waals surface area (Å²) in [5.41, 5.74) is 2.04. The second-order valence-electron chi connectivity index (χ2n) is 4.06. The fraction of sp³-hybridized carbons (Fsp3) is 0.615. The first kappa shape index (κ1) is 14.3. The number of hydrogen-bond acceptors (Lipinski definition) is 3. The van der Waals surface area contributed by atoms with Crippen molar-refractivity contribution in [3.05, 3.63) is 23.4 Å². The van der Waals surface area contributed by atoms with Gasteiger partial charge in [0.15, 0.2) is 0 Å².